The van der Waals surface area contributed by atoms with Crippen molar-refractivity contribution in [3.63, 3.8) is 0 Å². The Morgan fingerprint density at radius 1 is 1.12 bits per heavy atom. The first-order valence-electron chi connectivity index (χ1n) is 9.31. The molecule has 1 atom stereocenters. The number of piperidine rings is 1. The van der Waals surface area contributed by atoms with Gasteiger partial charge in [-0.2, -0.15) is 4.37 Å². The highest BCUT2D eigenvalue weighted by Gasteiger charge is 2.39. The standard InChI is InChI=1S/C18H22N4O2S2/c23-26(24,22-11-9-13-4-1-2-6-16(13)22)15-5-3-10-21(12-15)18-19-17(20-25-18)14-7-8-14/h1-2,4,6,14-15H,3,5,7-12H2. The van der Waals surface area contributed by atoms with Gasteiger partial charge in [0.1, 0.15) is 5.82 Å². The highest BCUT2D eigenvalue weighted by atomic mass is 32.2. The predicted octanol–water partition coefficient (Wildman–Crippen LogP) is 2.78. The van der Waals surface area contributed by atoms with E-state index in [0.29, 0.717) is 25.4 Å². The molecule has 2 fully saturated rings. The third-order valence-electron chi connectivity index (χ3n) is 5.60. The SMILES string of the molecule is O=S(=O)(C1CCCN(c2nc(C3CC3)ns2)C1)N1CCc2ccccc21. The van der Waals surface area contributed by atoms with Crippen LogP contribution in [0.25, 0.3) is 0 Å². The molecule has 6 nitrogen and oxygen atoms in total. The van der Waals surface area contributed by atoms with E-state index in [1.807, 2.05) is 24.3 Å². The van der Waals surface area contributed by atoms with Gasteiger partial charge in [-0.05, 0) is 43.7 Å². The second kappa shape index (κ2) is 6.20. The molecule has 1 aromatic carbocycles. The highest BCUT2D eigenvalue weighted by Crippen LogP contribution is 2.40. The zero-order valence-electron chi connectivity index (χ0n) is 14.5. The fraction of sp³-hybridized carbons (Fsp3) is 0.556. The van der Waals surface area contributed by atoms with Gasteiger partial charge in [-0.15, -0.1) is 0 Å². The molecule has 5 rings (SSSR count). The van der Waals surface area contributed by atoms with Gasteiger partial charge in [-0.1, -0.05) is 18.2 Å². The monoisotopic (exact) mass is 390 g/mol. The lowest BCUT2D eigenvalue weighted by Crippen LogP contribution is -2.47. The number of anilines is 2. The maximum atomic E-state index is 13.3. The van der Waals surface area contributed by atoms with Crippen molar-refractivity contribution in [1.82, 2.24) is 9.36 Å². The van der Waals surface area contributed by atoms with Crippen LogP contribution in [-0.2, 0) is 16.4 Å². The van der Waals surface area contributed by atoms with Crippen LogP contribution in [0, 0.1) is 0 Å². The third kappa shape index (κ3) is 2.79. The summed E-state index contributed by atoms with van der Waals surface area (Å²) in [6.07, 6.45) is 4.75. The lowest BCUT2D eigenvalue weighted by Gasteiger charge is -2.34. The largest absolute Gasteiger partial charge is 0.345 e. The van der Waals surface area contributed by atoms with Gasteiger partial charge in [0.25, 0.3) is 0 Å². The molecule has 1 saturated heterocycles. The fourth-order valence-corrected chi connectivity index (χ4v) is 6.74. The molecule has 2 aliphatic heterocycles. The van der Waals surface area contributed by atoms with Crippen LogP contribution in [-0.4, -0.2) is 42.7 Å². The lowest BCUT2D eigenvalue weighted by molar-refractivity contribution is 0.528. The molecule has 1 aliphatic carbocycles. The molecule has 0 N–H and O–H groups in total. The molecule has 8 heteroatoms. The topological polar surface area (TPSA) is 66.4 Å². The van der Waals surface area contributed by atoms with Gasteiger partial charge in [-0.3, -0.25) is 4.31 Å². The van der Waals surface area contributed by atoms with Gasteiger partial charge in [0.15, 0.2) is 0 Å². The number of aromatic nitrogens is 2. The molecule has 3 aliphatic rings. The molecule has 2 aromatic rings. The summed E-state index contributed by atoms with van der Waals surface area (Å²) >= 11 is 1.41. The predicted molar refractivity (Wildman–Crippen MR) is 104 cm³/mol. The maximum Gasteiger partial charge on any atom is 0.239 e. The third-order valence-corrected chi connectivity index (χ3v) is 8.61. The van der Waals surface area contributed by atoms with Crippen LogP contribution in [0.3, 0.4) is 0 Å². The van der Waals surface area contributed by atoms with Crippen LogP contribution in [0.2, 0.25) is 0 Å². The van der Waals surface area contributed by atoms with Crippen LogP contribution in [0.5, 0.6) is 0 Å². The molecule has 0 radical (unpaired) electrons. The number of para-hydroxylation sites is 1. The minimum Gasteiger partial charge on any atom is -0.345 e. The summed E-state index contributed by atoms with van der Waals surface area (Å²) in [7, 11) is -3.37. The first-order chi connectivity index (χ1) is 12.6. The minimum atomic E-state index is -3.37. The molecule has 1 unspecified atom stereocenters. The molecule has 1 saturated carbocycles. The molecule has 0 bridgehead atoms. The number of sulfonamides is 1. The molecule has 26 heavy (non-hydrogen) atoms. The lowest BCUT2D eigenvalue weighted by atomic mass is 10.1. The Balaban J connectivity index is 1.37. The van der Waals surface area contributed by atoms with E-state index in [4.69, 9.17) is 0 Å². The molecule has 138 valence electrons. The average Bonchev–Trinajstić information content (AvgIpc) is 3.22. The van der Waals surface area contributed by atoms with E-state index >= 15 is 0 Å². The molecule has 0 amide bonds. The Morgan fingerprint density at radius 2 is 1.96 bits per heavy atom. The van der Waals surface area contributed by atoms with Crippen molar-refractivity contribution in [3.05, 3.63) is 35.7 Å². The Labute approximate surface area is 158 Å². The minimum absolute atomic E-state index is 0.379. The van der Waals surface area contributed by atoms with Gasteiger partial charge in [-0.25, -0.2) is 13.4 Å². The summed E-state index contributed by atoms with van der Waals surface area (Å²) in [5.74, 6) is 1.48. The van der Waals surface area contributed by atoms with Crippen LogP contribution in [0.1, 0.15) is 43.0 Å². The number of hydrogen-bond acceptors (Lipinski definition) is 6. The summed E-state index contributed by atoms with van der Waals surface area (Å²) in [5.41, 5.74) is 1.98. The van der Waals surface area contributed by atoms with Crippen molar-refractivity contribution < 1.29 is 8.42 Å². The second-order valence-corrected chi connectivity index (χ2v) is 10.3. The Morgan fingerprint density at radius 3 is 2.81 bits per heavy atom. The maximum absolute atomic E-state index is 13.3. The summed E-state index contributed by atoms with van der Waals surface area (Å²) < 4.78 is 32.7. The first kappa shape index (κ1) is 16.5. The van der Waals surface area contributed by atoms with Gasteiger partial charge >= 0.3 is 0 Å². The number of nitrogens with zero attached hydrogens (tertiary/aromatic N) is 4. The van der Waals surface area contributed by atoms with E-state index in [1.165, 1.54) is 24.4 Å². The summed E-state index contributed by atoms with van der Waals surface area (Å²) in [6.45, 7) is 1.94. The summed E-state index contributed by atoms with van der Waals surface area (Å²) in [4.78, 5) is 6.79. The smallest absolute Gasteiger partial charge is 0.239 e. The van der Waals surface area contributed by atoms with Crippen LogP contribution in [0.4, 0.5) is 10.8 Å². The normalized spacial score (nSPS) is 23.3. The fourth-order valence-electron chi connectivity index (χ4n) is 3.97. The Bertz CT molecular complexity index is 923. The van der Waals surface area contributed by atoms with Gasteiger partial charge in [0, 0.05) is 37.1 Å². The van der Waals surface area contributed by atoms with Crippen molar-refractivity contribution in [3.8, 4) is 0 Å². The number of rotatable bonds is 4. The number of hydrogen-bond donors (Lipinski definition) is 0. The molecule has 0 spiro atoms. The zero-order chi connectivity index (χ0) is 17.7. The van der Waals surface area contributed by atoms with Crippen molar-refractivity contribution in [2.24, 2.45) is 0 Å². The number of fused-ring (bicyclic) bond motifs is 1. The van der Waals surface area contributed by atoms with Crippen molar-refractivity contribution in [2.45, 2.75) is 43.3 Å². The second-order valence-electron chi connectivity index (χ2n) is 7.42. The molecule has 1 aromatic heterocycles. The van der Waals surface area contributed by atoms with Gasteiger partial charge < -0.3 is 4.90 Å². The Hall–Kier alpha value is -1.67. The van der Waals surface area contributed by atoms with Gasteiger partial charge in [0.2, 0.25) is 15.2 Å². The quantitative estimate of drug-likeness (QED) is 0.803. The van der Waals surface area contributed by atoms with Crippen LogP contribution in [0.15, 0.2) is 24.3 Å². The molecule has 3 heterocycles. The van der Waals surface area contributed by atoms with E-state index in [0.717, 1.165) is 41.6 Å². The van der Waals surface area contributed by atoms with Crippen molar-refractivity contribution >= 4 is 32.4 Å². The van der Waals surface area contributed by atoms with E-state index in [1.54, 1.807) is 4.31 Å². The van der Waals surface area contributed by atoms with E-state index in [2.05, 4.69) is 14.3 Å². The first-order valence-corrected chi connectivity index (χ1v) is 11.6. The van der Waals surface area contributed by atoms with Gasteiger partial charge in [0.05, 0.1) is 10.9 Å². The van der Waals surface area contributed by atoms with E-state index in [-0.39, 0.29) is 5.25 Å². The Kier molecular flexibility index (Phi) is 3.93. The van der Waals surface area contributed by atoms with E-state index in [9.17, 15) is 8.42 Å². The highest BCUT2D eigenvalue weighted by molar-refractivity contribution is 7.93. The molecular formula is C18H22N4O2S2. The summed E-state index contributed by atoms with van der Waals surface area (Å²) in [6, 6.07) is 7.84. The average molecular weight is 391 g/mol. The van der Waals surface area contributed by atoms with Crippen LogP contribution >= 0.6 is 11.5 Å². The number of benzene rings is 1. The van der Waals surface area contributed by atoms with Crippen LogP contribution < -0.4 is 9.21 Å². The van der Waals surface area contributed by atoms with Crippen molar-refractivity contribution in [1.29, 1.82) is 0 Å². The summed E-state index contributed by atoms with van der Waals surface area (Å²) in [5, 5.41) is 0.504. The van der Waals surface area contributed by atoms with E-state index < -0.39 is 10.0 Å². The molecular weight excluding hydrogens is 368 g/mol. The van der Waals surface area contributed by atoms with Crippen molar-refractivity contribution in [2.75, 3.05) is 28.8 Å². The zero-order valence-corrected chi connectivity index (χ0v) is 16.2.